The van der Waals surface area contributed by atoms with Gasteiger partial charge in [0.05, 0.1) is 5.69 Å². The quantitative estimate of drug-likeness (QED) is 0.388. The highest BCUT2D eigenvalue weighted by Gasteiger charge is 2.10. The summed E-state index contributed by atoms with van der Waals surface area (Å²) >= 11 is 1.64. The Bertz CT molecular complexity index is 961. The lowest BCUT2D eigenvalue weighted by Crippen LogP contribution is -2.00. The van der Waals surface area contributed by atoms with E-state index in [4.69, 9.17) is 4.42 Å². The smallest absolute Gasteiger partial charge is 0.214 e. The van der Waals surface area contributed by atoms with Crippen LogP contribution in [-0.4, -0.2) is 30.9 Å². The summed E-state index contributed by atoms with van der Waals surface area (Å²) in [4.78, 5) is 4.50. The van der Waals surface area contributed by atoms with Crippen molar-refractivity contribution < 1.29 is 4.42 Å². The number of hydrogen-bond acceptors (Lipinski definition) is 6. The molecule has 0 aliphatic carbocycles. The van der Waals surface area contributed by atoms with Crippen molar-refractivity contribution in [2.75, 3.05) is 5.75 Å². The van der Waals surface area contributed by atoms with Crippen molar-refractivity contribution in [3.63, 3.8) is 0 Å². The monoisotopic (exact) mass is 351 g/mol. The third-order valence-corrected chi connectivity index (χ3v) is 4.80. The molecule has 0 N–H and O–H groups in total. The Kier molecular flexibility index (Phi) is 4.47. The zero-order valence-electron chi connectivity index (χ0n) is 13.8. The molecule has 2 aromatic heterocycles. The predicted octanol–water partition coefficient (Wildman–Crippen LogP) is 3.84. The summed E-state index contributed by atoms with van der Waals surface area (Å²) in [5.41, 5.74) is 3.91. The summed E-state index contributed by atoms with van der Waals surface area (Å²) in [6.45, 7) is 2.06. The summed E-state index contributed by atoms with van der Waals surface area (Å²) < 4.78 is 7.52. The number of benzene rings is 2. The topological polar surface area (TPSA) is 69.6 Å². The molecule has 25 heavy (non-hydrogen) atoms. The third kappa shape index (κ3) is 3.56. The van der Waals surface area contributed by atoms with Gasteiger partial charge in [0.1, 0.15) is 5.52 Å². The van der Waals surface area contributed by atoms with E-state index in [1.807, 2.05) is 36.4 Å². The van der Waals surface area contributed by atoms with Crippen LogP contribution < -0.4 is 0 Å². The second-order valence-electron chi connectivity index (χ2n) is 5.74. The fourth-order valence-electron chi connectivity index (χ4n) is 2.60. The Morgan fingerprint density at radius 1 is 1.12 bits per heavy atom. The molecule has 126 valence electrons. The zero-order chi connectivity index (χ0) is 17.1. The van der Waals surface area contributed by atoms with E-state index in [0.29, 0.717) is 0 Å². The zero-order valence-corrected chi connectivity index (χ0v) is 14.6. The Balaban J connectivity index is 1.37. The van der Waals surface area contributed by atoms with Gasteiger partial charge in [0.15, 0.2) is 11.5 Å². The van der Waals surface area contributed by atoms with Crippen molar-refractivity contribution in [2.45, 2.75) is 24.9 Å². The molecule has 7 heteroatoms. The number of nitrogens with zero attached hydrogens (tertiary/aromatic N) is 5. The van der Waals surface area contributed by atoms with Gasteiger partial charge in [0.25, 0.3) is 0 Å². The van der Waals surface area contributed by atoms with Crippen LogP contribution in [0.15, 0.2) is 58.1 Å². The maximum Gasteiger partial charge on any atom is 0.214 e. The second-order valence-corrected chi connectivity index (χ2v) is 6.80. The highest BCUT2D eigenvalue weighted by molar-refractivity contribution is 7.99. The third-order valence-electron chi connectivity index (χ3n) is 3.79. The Labute approximate surface area is 149 Å². The van der Waals surface area contributed by atoms with E-state index in [9.17, 15) is 0 Å². The van der Waals surface area contributed by atoms with Crippen LogP contribution in [0.5, 0.6) is 0 Å². The van der Waals surface area contributed by atoms with E-state index in [-0.39, 0.29) is 0 Å². The van der Waals surface area contributed by atoms with Crippen molar-refractivity contribution >= 4 is 22.9 Å². The van der Waals surface area contributed by atoms with Crippen molar-refractivity contribution in [2.24, 2.45) is 0 Å². The van der Waals surface area contributed by atoms with Gasteiger partial charge in [-0.2, -0.15) is 4.68 Å². The number of oxazole rings is 1. The minimum absolute atomic E-state index is 0.778. The van der Waals surface area contributed by atoms with Crippen LogP contribution in [0, 0.1) is 6.92 Å². The van der Waals surface area contributed by atoms with Crippen LogP contribution in [0.1, 0.15) is 17.9 Å². The van der Waals surface area contributed by atoms with E-state index in [0.717, 1.165) is 46.4 Å². The summed E-state index contributed by atoms with van der Waals surface area (Å²) in [5.74, 6) is 1.67. The van der Waals surface area contributed by atoms with E-state index >= 15 is 0 Å². The predicted molar refractivity (Wildman–Crippen MR) is 96.9 cm³/mol. The molecule has 0 aliphatic heterocycles. The fourth-order valence-corrected chi connectivity index (χ4v) is 3.43. The van der Waals surface area contributed by atoms with E-state index in [1.165, 1.54) is 5.56 Å². The average Bonchev–Trinajstić information content (AvgIpc) is 3.25. The molecule has 0 saturated carbocycles. The maximum absolute atomic E-state index is 5.75. The highest BCUT2D eigenvalue weighted by atomic mass is 32.2. The van der Waals surface area contributed by atoms with Crippen LogP contribution in [0.3, 0.4) is 0 Å². The van der Waals surface area contributed by atoms with Crippen LogP contribution in [-0.2, 0) is 6.42 Å². The normalized spacial score (nSPS) is 11.2. The van der Waals surface area contributed by atoms with Gasteiger partial charge in [-0.05, 0) is 53.6 Å². The lowest BCUT2D eigenvalue weighted by molar-refractivity contribution is 0.526. The second kappa shape index (κ2) is 7.06. The average molecular weight is 351 g/mol. The van der Waals surface area contributed by atoms with Crippen LogP contribution in [0.4, 0.5) is 0 Å². The lowest BCUT2D eigenvalue weighted by atomic mass is 10.2. The molecule has 0 fully saturated rings. The van der Waals surface area contributed by atoms with E-state index < -0.39 is 0 Å². The van der Waals surface area contributed by atoms with Crippen LogP contribution >= 0.6 is 11.8 Å². The molecule has 0 bridgehead atoms. The lowest BCUT2D eigenvalue weighted by Gasteiger charge is -2.04. The van der Waals surface area contributed by atoms with Gasteiger partial charge < -0.3 is 4.42 Å². The first kappa shape index (κ1) is 15.8. The Morgan fingerprint density at radius 3 is 2.92 bits per heavy atom. The highest BCUT2D eigenvalue weighted by Crippen LogP contribution is 2.21. The number of para-hydroxylation sites is 2. The summed E-state index contributed by atoms with van der Waals surface area (Å²) in [6, 6.07) is 16.0. The van der Waals surface area contributed by atoms with Gasteiger partial charge >= 0.3 is 0 Å². The summed E-state index contributed by atoms with van der Waals surface area (Å²) in [6.07, 6.45) is 1.74. The number of rotatable bonds is 6. The molecule has 6 nitrogen and oxygen atoms in total. The standard InChI is InChI=1S/C18H17N5OS/c1-13-6-4-7-14(12-13)23-18(20-21-22-23)25-11-5-10-17-19-15-8-2-3-9-16(15)24-17/h2-4,6-9,12H,5,10-11H2,1H3. The number of aromatic nitrogens is 5. The first-order valence-electron chi connectivity index (χ1n) is 8.12. The van der Waals surface area contributed by atoms with Gasteiger partial charge in [-0.15, -0.1) is 5.10 Å². The number of hydrogen-bond donors (Lipinski definition) is 0. The number of fused-ring (bicyclic) bond motifs is 1. The van der Waals surface area contributed by atoms with Crippen LogP contribution in [0.25, 0.3) is 16.8 Å². The molecule has 2 heterocycles. The molecule has 0 unspecified atom stereocenters. The Morgan fingerprint density at radius 2 is 2.04 bits per heavy atom. The van der Waals surface area contributed by atoms with Gasteiger partial charge in [-0.25, -0.2) is 4.98 Å². The molecule has 4 rings (SSSR count). The SMILES string of the molecule is Cc1cccc(-n2nnnc2SCCCc2nc3ccccc3o2)c1. The van der Waals surface area contributed by atoms with Crippen molar-refractivity contribution in [3.05, 3.63) is 60.0 Å². The molecule has 0 radical (unpaired) electrons. The molecule has 0 aliphatic rings. The van der Waals surface area contributed by atoms with Gasteiger partial charge in [0.2, 0.25) is 5.16 Å². The van der Waals surface area contributed by atoms with Gasteiger partial charge in [-0.1, -0.05) is 36.0 Å². The minimum Gasteiger partial charge on any atom is -0.441 e. The number of tetrazole rings is 1. The molecule has 0 spiro atoms. The maximum atomic E-state index is 5.75. The molecule has 4 aromatic rings. The Hall–Kier alpha value is -2.67. The van der Waals surface area contributed by atoms with Crippen molar-refractivity contribution in [1.29, 1.82) is 0 Å². The van der Waals surface area contributed by atoms with Crippen LogP contribution in [0.2, 0.25) is 0 Å². The van der Waals surface area contributed by atoms with E-state index in [1.54, 1.807) is 16.4 Å². The van der Waals surface area contributed by atoms with Crippen molar-refractivity contribution in [3.8, 4) is 5.69 Å². The first-order valence-corrected chi connectivity index (χ1v) is 9.11. The number of thioether (sulfide) groups is 1. The molecule has 2 aromatic carbocycles. The minimum atomic E-state index is 0.778. The van der Waals surface area contributed by atoms with Gasteiger partial charge in [-0.3, -0.25) is 0 Å². The molecular weight excluding hydrogens is 334 g/mol. The van der Waals surface area contributed by atoms with E-state index in [2.05, 4.69) is 39.6 Å². The molecular formula is C18H17N5OS. The number of aryl methyl sites for hydroxylation is 2. The molecule has 0 saturated heterocycles. The summed E-state index contributed by atoms with van der Waals surface area (Å²) in [7, 11) is 0. The molecule has 0 amide bonds. The molecule has 0 atom stereocenters. The fraction of sp³-hybridized carbons (Fsp3) is 0.222. The first-order chi connectivity index (χ1) is 12.3. The largest absolute Gasteiger partial charge is 0.441 e. The summed E-state index contributed by atoms with van der Waals surface area (Å²) in [5, 5.41) is 12.8. The van der Waals surface area contributed by atoms with Gasteiger partial charge in [0, 0.05) is 12.2 Å². The van der Waals surface area contributed by atoms with Crippen molar-refractivity contribution in [1.82, 2.24) is 25.2 Å².